The summed E-state index contributed by atoms with van der Waals surface area (Å²) in [6, 6.07) is 43.6. The van der Waals surface area contributed by atoms with Gasteiger partial charge in [-0.05, 0) is 72.4 Å². The molecule has 7 rings (SSSR count). The van der Waals surface area contributed by atoms with Crippen molar-refractivity contribution in [2.75, 3.05) is 0 Å². The number of benzene rings is 6. The van der Waals surface area contributed by atoms with Crippen LogP contribution in [-0.4, -0.2) is 4.98 Å². The molecule has 0 aliphatic carbocycles. The SMILES string of the molecule is c1ccc(-c2ccc(-c3ccc4c5ccccc5c5ccccc5c4c3)c3ccccc23)nc1. The predicted octanol–water partition coefficient (Wildman–Crippen LogP) is 9.03. The van der Waals surface area contributed by atoms with Crippen molar-refractivity contribution in [1.82, 2.24) is 4.98 Å². The molecule has 1 heteroatoms. The molecule has 0 radical (unpaired) electrons. The van der Waals surface area contributed by atoms with E-state index in [1.54, 1.807) is 0 Å². The Morgan fingerprint density at radius 3 is 1.47 bits per heavy atom. The van der Waals surface area contributed by atoms with Crippen molar-refractivity contribution in [2.45, 2.75) is 0 Å². The lowest BCUT2D eigenvalue weighted by molar-refractivity contribution is 1.33. The van der Waals surface area contributed by atoms with Gasteiger partial charge in [0.1, 0.15) is 0 Å². The molecule has 0 unspecified atom stereocenters. The third kappa shape index (κ3) is 2.84. The molecule has 1 nitrogen and oxygen atoms in total. The van der Waals surface area contributed by atoms with Gasteiger partial charge in [-0.25, -0.2) is 0 Å². The van der Waals surface area contributed by atoms with E-state index in [1.807, 2.05) is 18.3 Å². The van der Waals surface area contributed by atoms with E-state index in [1.165, 1.54) is 54.2 Å². The van der Waals surface area contributed by atoms with E-state index in [-0.39, 0.29) is 0 Å². The van der Waals surface area contributed by atoms with E-state index in [4.69, 9.17) is 0 Å². The Labute approximate surface area is 197 Å². The van der Waals surface area contributed by atoms with Gasteiger partial charge < -0.3 is 0 Å². The van der Waals surface area contributed by atoms with E-state index >= 15 is 0 Å². The molecule has 7 aromatic rings. The fourth-order valence-electron chi connectivity index (χ4n) is 5.37. The van der Waals surface area contributed by atoms with Gasteiger partial charge in [0.2, 0.25) is 0 Å². The Morgan fingerprint density at radius 2 is 0.853 bits per heavy atom. The number of rotatable bonds is 2. The fourth-order valence-corrected chi connectivity index (χ4v) is 5.37. The average Bonchev–Trinajstić information content (AvgIpc) is 2.93. The lowest BCUT2D eigenvalue weighted by atomic mass is 9.90. The standard InChI is InChI=1S/C33H21N/c1-5-13-28-24(9-1)23(18-19-31(28)33-15-7-8-20-34-33)22-16-17-30-27-12-3-2-10-25(27)26-11-4-6-14-29(26)32(30)21-22/h1-21H. The fraction of sp³-hybridized carbons (Fsp3) is 0. The molecule has 0 saturated carbocycles. The van der Waals surface area contributed by atoms with Crippen molar-refractivity contribution >= 4 is 43.1 Å². The normalized spacial score (nSPS) is 11.5. The van der Waals surface area contributed by atoms with Gasteiger partial charge in [0.25, 0.3) is 0 Å². The minimum absolute atomic E-state index is 1.00. The van der Waals surface area contributed by atoms with Crippen LogP contribution in [0.2, 0.25) is 0 Å². The van der Waals surface area contributed by atoms with Crippen molar-refractivity contribution in [3.8, 4) is 22.4 Å². The molecule has 0 aliphatic heterocycles. The first kappa shape index (κ1) is 19.0. The molecule has 1 heterocycles. The highest BCUT2D eigenvalue weighted by Crippen LogP contribution is 2.39. The maximum Gasteiger partial charge on any atom is 0.0708 e. The molecular weight excluding hydrogens is 410 g/mol. The van der Waals surface area contributed by atoms with E-state index in [0.717, 1.165) is 11.3 Å². The molecule has 1 aromatic heterocycles. The first-order valence-electron chi connectivity index (χ1n) is 11.7. The van der Waals surface area contributed by atoms with Crippen LogP contribution in [-0.2, 0) is 0 Å². The van der Waals surface area contributed by atoms with Crippen molar-refractivity contribution in [1.29, 1.82) is 0 Å². The summed E-state index contributed by atoms with van der Waals surface area (Å²) in [4.78, 5) is 4.61. The topological polar surface area (TPSA) is 12.9 Å². The highest BCUT2D eigenvalue weighted by atomic mass is 14.7. The Balaban J connectivity index is 1.53. The zero-order chi connectivity index (χ0) is 22.5. The number of aromatic nitrogens is 1. The minimum Gasteiger partial charge on any atom is -0.256 e. The van der Waals surface area contributed by atoms with Crippen LogP contribution >= 0.6 is 0 Å². The molecule has 0 spiro atoms. The number of fused-ring (bicyclic) bond motifs is 7. The highest BCUT2D eigenvalue weighted by Gasteiger charge is 2.13. The number of nitrogens with zero attached hydrogens (tertiary/aromatic N) is 1. The molecule has 0 N–H and O–H groups in total. The number of pyridine rings is 1. The summed E-state index contributed by atoms with van der Waals surface area (Å²) in [6.45, 7) is 0. The summed E-state index contributed by atoms with van der Waals surface area (Å²) in [5, 5.41) is 10.3. The summed E-state index contributed by atoms with van der Waals surface area (Å²) < 4.78 is 0. The van der Waals surface area contributed by atoms with E-state index in [0.29, 0.717) is 0 Å². The summed E-state index contributed by atoms with van der Waals surface area (Å²) >= 11 is 0. The average molecular weight is 432 g/mol. The maximum atomic E-state index is 4.61. The molecule has 0 bridgehead atoms. The zero-order valence-corrected chi connectivity index (χ0v) is 18.6. The molecule has 0 amide bonds. The van der Waals surface area contributed by atoms with E-state index < -0.39 is 0 Å². The molecule has 0 saturated heterocycles. The van der Waals surface area contributed by atoms with Crippen molar-refractivity contribution in [3.05, 3.63) is 128 Å². The van der Waals surface area contributed by atoms with Gasteiger partial charge in [-0.3, -0.25) is 4.98 Å². The van der Waals surface area contributed by atoms with Crippen LogP contribution in [0.25, 0.3) is 65.5 Å². The largest absolute Gasteiger partial charge is 0.256 e. The maximum absolute atomic E-state index is 4.61. The molecular formula is C33H21N. The Bertz CT molecular complexity index is 1810. The van der Waals surface area contributed by atoms with Crippen LogP contribution < -0.4 is 0 Å². The van der Waals surface area contributed by atoms with E-state index in [9.17, 15) is 0 Å². The number of hydrogen-bond acceptors (Lipinski definition) is 1. The lowest BCUT2D eigenvalue weighted by Gasteiger charge is -2.14. The molecule has 6 aromatic carbocycles. The summed E-state index contributed by atoms with van der Waals surface area (Å²) in [5.74, 6) is 0. The third-order valence-corrected chi connectivity index (χ3v) is 6.92. The Hall–Kier alpha value is -4.49. The second kappa shape index (κ2) is 7.54. The highest BCUT2D eigenvalue weighted by molar-refractivity contribution is 6.26. The van der Waals surface area contributed by atoms with Crippen LogP contribution in [0.3, 0.4) is 0 Å². The summed E-state index contributed by atoms with van der Waals surface area (Å²) in [5.41, 5.74) is 4.64. The first-order valence-corrected chi connectivity index (χ1v) is 11.7. The van der Waals surface area contributed by atoms with Crippen LogP contribution in [0.4, 0.5) is 0 Å². The Morgan fingerprint density at radius 1 is 0.353 bits per heavy atom. The Kier molecular flexibility index (Phi) is 4.22. The van der Waals surface area contributed by atoms with Gasteiger partial charge in [0, 0.05) is 11.8 Å². The van der Waals surface area contributed by atoms with Gasteiger partial charge >= 0.3 is 0 Å². The van der Waals surface area contributed by atoms with Crippen molar-refractivity contribution < 1.29 is 0 Å². The van der Waals surface area contributed by atoms with Crippen LogP contribution in [0.5, 0.6) is 0 Å². The quantitative estimate of drug-likeness (QED) is 0.249. The lowest BCUT2D eigenvalue weighted by Crippen LogP contribution is -1.89. The van der Waals surface area contributed by atoms with Crippen molar-refractivity contribution in [3.63, 3.8) is 0 Å². The van der Waals surface area contributed by atoms with Crippen LogP contribution in [0.15, 0.2) is 128 Å². The minimum atomic E-state index is 1.00. The zero-order valence-electron chi connectivity index (χ0n) is 18.6. The van der Waals surface area contributed by atoms with Crippen LogP contribution in [0.1, 0.15) is 0 Å². The monoisotopic (exact) mass is 431 g/mol. The number of hydrogen-bond donors (Lipinski definition) is 0. The molecule has 0 fully saturated rings. The van der Waals surface area contributed by atoms with Gasteiger partial charge in [-0.1, -0.05) is 103 Å². The third-order valence-electron chi connectivity index (χ3n) is 6.92. The van der Waals surface area contributed by atoms with Crippen molar-refractivity contribution in [2.24, 2.45) is 0 Å². The predicted molar refractivity (Wildman–Crippen MR) is 145 cm³/mol. The van der Waals surface area contributed by atoms with Crippen LogP contribution in [0, 0.1) is 0 Å². The summed E-state index contributed by atoms with van der Waals surface area (Å²) in [6.07, 6.45) is 1.86. The van der Waals surface area contributed by atoms with Gasteiger partial charge in [-0.2, -0.15) is 0 Å². The van der Waals surface area contributed by atoms with Gasteiger partial charge in [0.05, 0.1) is 5.69 Å². The second-order valence-electron chi connectivity index (χ2n) is 8.77. The second-order valence-corrected chi connectivity index (χ2v) is 8.77. The molecule has 34 heavy (non-hydrogen) atoms. The summed E-state index contributed by atoms with van der Waals surface area (Å²) in [7, 11) is 0. The molecule has 0 aliphatic rings. The molecule has 158 valence electrons. The smallest absolute Gasteiger partial charge is 0.0708 e. The molecule has 0 atom stereocenters. The van der Waals surface area contributed by atoms with Gasteiger partial charge in [-0.15, -0.1) is 0 Å². The van der Waals surface area contributed by atoms with E-state index in [2.05, 4.69) is 114 Å². The van der Waals surface area contributed by atoms with Gasteiger partial charge in [0.15, 0.2) is 0 Å². The first-order chi connectivity index (χ1) is 16.9.